The summed E-state index contributed by atoms with van der Waals surface area (Å²) in [7, 11) is -5.97. The fourth-order valence-electron chi connectivity index (χ4n) is 1.54. The summed E-state index contributed by atoms with van der Waals surface area (Å²) in [5.41, 5.74) is -6.50. The smallest absolute Gasteiger partial charge is 0.462 e. The van der Waals surface area contributed by atoms with Crippen molar-refractivity contribution in [3.63, 3.8) is 0 Å². The lowest BCUT2D eigenvalue weighted by atomic mass is 10.1. The molecule has 0 heterocycles. The fraction of sp³-hybridized carbons (Fsp3) is 0.385. The Morgan fingerprint density at radius 2 is 1.48 bits per heavy atom. The zero-order valence-electron chi connectivity index (χ0n) is 12.8. The second-order valence-electron chi connectivity index (χ2n) is 4.25. The van der Waals surface area contributed by atoms with Gasteiger partial charge < -0.3 is 13.7 Å². The van der Waals surface area contributed by atoms with Gasteiger partial charge in [0.25, 0.3) is 0 Å². The van der Waals surface area contributed by atoms with Crippen molar-refractivity contribution >= 4 is 38.0 Å². The zero-order valence-corrected chi connectivity index (χ0v) is 15.2. The van der Waals surface area contributed by atoms with Crippen molar-refractivity contribution in [2.75, 3.05) is 13.2 Å². The number of hydrogen-bond acceptors (Lipinski definition) is 7. The number of ether oxygens (including phenoxy) is 2. The van der Waals surface area contributed by atoms with Gasteiger partial charge >= 0.3 is 27.6 Å². The standard InChI is InChI=1S/C13H12BrF3O7S/c1-3-22-11(18)7-5-9(14)10(6-8(7)12(19)23-4-2)24-25(20,21)13(15,16)17/h5-6H,3-4H2,1-2H3. The van der Waals surface area contributed by atoms with Gasteiger partial charge in [-0.05, 0) is 41.9 Å². The van der Waals surface area contributed by atoms with Crippen LogP contribution in [-0.2, 0) is 19.6 Å². The molecule has 0 saturated heterocycles. The van der Waals surface area contributed by atoms with Crippen LogP contribution in [0.25, 0.3) is 0 Å². The Morgan fingerprint density at radius 3 is 1.88 bits per heavy atom. The molecule has 0 aliphatic carbocycles. The van der Waals surface area contributed by atoms with Crippen molar-refractivity contribution in [2.45, 2.75) is 19.4 Å². The molecule has 0 saturated carbocycles. The Hall–Kier alpha value is -1.82. The van der Waals surface area contributed by atoms with E-state index in [0.717, 1.165) is 6.07 Å². The van der Waals surface area contributed by atoms with Gasteiger partial charge in [-0.15, -0.1) is 0 Å². The van der Waals surface area contributed by atoms with Crippen LogP contribution in [-0.4, -0.2) is 39.1 Å². The lowest BCUT2D eigenvalue weighted by molar-refractivity contribution is -0.0500. The van der Waals surface area contributed by atoms with E-state index in [1.54, 1.807) is 0 Å². The van der Waals surface area contributed by atoms with Gasteiger partial charge in [-0.2, -0.15) is 21.6 Å². The average Bonchev–Trinajstić information content (AvgIpc) is 2.48. The molecule has 12 heteroatoms. The third kappa shape index (κ3) is 5.08. The van der Waals surface area contributed by atoms with Crippen molar-refractivity contribution in [2.24, 2.45) is 0 Å². The molecule has 1 aromatic rings. The molecule has 0 fully saturated rings. The van der Waals surface area contributed by atoms with Crippen LogP contribution in [0, 0.1) is 0 Å². The molecule has 0 amide bonds. The minimum absolute atomic E-state index is 0.0284. The molecule has 1 rings (SSSR count). The molecule has 140 valence electrons. The van der Waals surface area contributed by atoms with Crippen LogP contribution >= 0.6 is 15.9 Å². The highest BCUT2D eigenvalue weighted by molar-refractivity contribution is 9.10. The highest BCUT2D eigenvalue weighted by Gasteiger charge is 2.49. The maximum Gasteiger partial charge on any atom is 0.534 e. The molecule has 0 aliphatic rings. The monoisotopic (exact) mass is 448 g/mol. The van der Waals surface area contributed by atoms with Crippen molar-refractivity contribution in [3.8, 4) is 5.75 Å². The summed E-state index contributed by atoms with van der Waals surface area (Å²) in [6.07, 6.45) is 0. The summed E-state index contributed by atoms with van der Waals surface area (Å²) in [5, 5.41) is 0. The Bertz CT molecular complexity index is 775. The van der Waals surface area contributed by atoms with E-state index >= 15 is 0 Å². The summed E-state index contributed by atoms with van der Waals surface area (Å²) in [4.78, 5) is 23.8. The molecule has 0 unspecified atom stereocenters. The number of carbonyl (C=O) groups is 2. The lowest BCUT2D eigenvalue weighted by Crippen LogP contribution is -2.28. The zero-order chi connectivity index (χ0) is 19.4. The summed E-state index contributed by atoms with van der Waals surface area (Å²) in [6, 6.07) is 1.56. The molecule has 0 N–H and O–H groups in total. The Balaban J connectivity index is 3.46. The Kier molecular flexibility index (Phi) is 6.82. The molecule has 0 aliphatic heterocycles. The number of carbonyl (C=O) groups excluding carboxylic acids is 2. The van der Waals surface area contributed by atoms with Crippen molar-refractivity contribution in [1.29, 1.82) is 0 Å². The third-order valence-electron chi connectivity index (χ3n) is 2.55. The second kappa shape index (κ2) is 8.04. The first-order valence-corrected chi connectivity index (χ1v) is 8.83. The quantitative estimate of drug-likeness (QED) is 0.374. The lowest BCUT2D eigenvalue weighted by Gasteiger charge is -2.14. The highest BCUT2D eigenvalue weighted by atomic mass is 79.9. The fourth-order valence-corrected chi connectivity index (χ4v) is 2.54. The largest absolute Gasteiger partial charge is 0.534 e. The van der Waals surface area contributed by atoms with E-state index in [-0.39, 0.29) is 23.2 Å². The van der Waals surface area contributed by atoms with E-state index in [4.69, 9.17) is 9.47 Å². The minimum Gasteiger partial charge on any atom is -0.462 e. The second-order valence-corrected chi connectivity index (χ2v) is 6.64. The maximum atomic E-state index is 12.4. The normalized spacial score (nSPS) is 11.8. The Morgan fingerprint density at radius 1 is 1.04 bits per heavy atom. The van der Waals surface area contributed by atoms with Gasteiger partial charge in [0, 0.05) is 0 Å². The number of rotatable bonds is 6. The van der Waals surface area contributed by atoms with Crippen molar-refractivity contribution in [1.82, 2.24) is 0 Å². The summed E-state index contributed by atoms with van der Waals surface area (Å²) >= 11 is 2.79. The van der Waals surface area contributed by atoms with Gasteiger partial charge in [0.15, 0.2) is 5.75 Å². The van der Waals surface area contributed by atoms with E-state index in [9.17, 15) is 31.2 Å². The molecule has 7 nitrogen and oxygen atoms in total. The Labute approximate surface area is 149 Å². The molecule has 0 aromatic heterocycles. The predicted octanol–water partition coefficient (Wildman–Crippen LogP) is 3.03. The SMILES string of the molecule is CCOC(=O)c1cc(Br)c(OS(=O)(=O)C(F)(F)F)cc1C(=O)OCC. The first kappa shape index (κ1) is 21.2. The number of esters is 2. The van der Waals surface area contributed by atoms with Gasteiger partial charge in [0.05, 0.1) is 28.8 Å². The predicted molar refractivity (Wildman–Crippen MR) is 81.7 cm³/mol. The van der Waals surface area contributed by atoms with E-state index in [2.05, 4.69) is 20.1 Å². The molecule has 0 spiro atoms. The van der Waals surface area contributed by atoms with Crippen LogP contribution < -0.4 is 4.18 Å². The van der Waals surface area contributed by atoms with E-state index in [0.29, 0.717) is 6.07 Å². The van der Waals surface area contributed by atoms with Crippen LogP contribution in [0.3, 0.4) is 0 Å². The van der Waals surface area contributed by atoms with Crippen LogP contribution in [0.2, 0.25) is 0 Å². The number of hydrogen-bond donors (Lipinski definition) is 0. The first-order valence-electron chi connectivity index (χ1n) is 6.63. The molecule has 25 heavy (non-hydrogen) atoms. The summed E-state index contributed by atoms with van der Waals surface area (Å²) < 4.78 is 72.7. The molecule has 0 bridgehead atoms. The van der Waals surface area contributed by atoms with Crippen molar-refractivity contribution < 1.29 is 44.8 Å². The molecule has 1 aromatic carbocycles. The summed E-state index contributed by atoms with van der Waals surface area (Å²) in [6.45, 7) is 2.85. The third-order valence-corrected chi connectivity index (χ3v) is 4.13. The van der Waals surface area contributed by atoms with Gasteiger partial charge in [-0.25, -0.2) is 9.59 Å². The van der Waals surface area contributed by atoms with Crippen LogP contribution in [0.1, 0.15) is 34.6 Å². The van der Waals surface area contributed by atoms with Gasteiger partial charge in [-0.1, -0.05) is 0 Å². The molecular formula is C13H12BrF3O7S. The number of halogens is 4. The molecular weight excluding hydrogens is 437 g/mol. The first-order chi connectivity index (χ1) is 11.4. The topological polar surface area (TPSA) is 96.0 Å². The van der Waals surface area contributed by atoms with Crippen LogP contribution in [0.15, 0.2) is 16.6 Å². The number of alkyl halides is 3. The number of benzene rings is 1. The average molecular weight is 449 g/mol. The van der Waals surface area contributed by atoms with E-state index in [1.165, 1.54) is 13.8 Å². The van der Waals surface area contributed by atoms with Gasteiger partial charge in [0.2, 0.25) is 0 Å². The van der Waals surface area contributed by atoms with Crippen LogP contribution in [0.4, 0.5) is 13.2 Å². The van der Waals surface area contributed by atoms with E-state index in [1.807, 2.05) is 0 Å². The van der Waals surface area contributed by atoms with E-state index < -0.39 is 38.9 Å². The minimum atomic E-state index is -5.97. The van der Waals surface area contributed by atoms with Crippen molar-refractivity contribution in [3.05, 3.63) is 27.7 Å². The van der Waals surface area contributed by atoms with Crippen LogP contribution in [0.5, 0.6) is 5.75 Å². The summed E-state index contributed by atoms with van der Waals surface area (Å²) in [5.74, 6) is -2.85. The van der Waals surface area contributed by atoms with Gasteiger partial charge in [-0.3, -0.25) is 0 Å². The molecule has 0 atom stereocenters. The maximum absolute atomic E-state index is 12.4. The molecule has 0 radical (unpaired) electrons. The van der Waals surface area contributed by atoms with Gasteiger partial charge in [0.1, 0.15) is 0 Å². The highest BCUT2D eigenvalue weighted by Crippen LogP contribution is 2.34.